The van der Waals surface area contributed by atoms with E-state index < -0.39 is 0 Å². The Kier molecular flexibility index (Phi) is 3.73. The standard InChI is InChI=1S/C13H24N2O2/c1-13(2,3)14-8-11-9-15(6-7-17-11)12(16)10-4-5-10/h10-11,14H,4-9H2,1-3H3. The Morgan fingerprint density at radius 2 is 2.12 bits per heavy atom. The summed E-state index contributed by atoms with van der Waals surface area (Å²) in [5, 5.41) is 3.43. The Morgan fingerprint density at radius 3 is 2.71 bits per heavy atom. The third-order valence-corrected chi connectivity index (χ3v) is 3.24. The smallest absolute Gasteiger partial charge is 0.225 e. The minimum atomic E-state index is 0.103. The number of hydrogen-bond donors (Lipinski definition) is 1. The Bertz CT molecular complexity index is 282. The van der Waals surface area contributed by atoms with Crippen LogP contribution >= 0.6 is 0 Å². The van der Waals surface area contributed by atoms with Crippen LogP contribution in [0.3, 0.4) is 0 Å². The monoisotopic (exact) mass is 240 g/mol. The molecular weight excluding hydrogens is 216 g/mol. The molecule has 1 heterocycles. The molecule has 1 aliphatic heterocycles. The molecule has 1 amide bonds. The molecule has 1 saturated heterocycles. The average molecular weight is 240 g/mol. The molecule has 1 N–H and O–H groups in total. The predicted molar refractivity (Wildman–Crippen MR) is 66.8 cm³/mol. The molecule has 17 heavy (non-hydrogen) atoms. The lowest BCUT2D eigenvalue weighted by Crippen LogP contribution is -2.51. The van der Waals surface area contributed by atoms with E-state index in [4.69, 9.17) is 4.74 Å². The van der Waals surface area contributed by atoms with Crippen molar-refractivity contribution >= 4 is 5.91 Å². The normalized spacial score (nSPS) is 26.1. The van der Waals surface area contributed by atoms with Crippen LogP contribution < -0.4 is 5.32 Å². The molecule has 0 radical (unpaired) electrons. The molecule has 1 atom stereocenters. The van der Waals surface area contributed by atoms with Gasteiger partial charge in [-0.05, 0) is 33.6 Å². The van der Waals surface area contributed by atoms with E-state index in [1.807, 2.05) is 4.90 Å². The van der Waals surface area contributed by atoms with Crippen LogP contribution in [-0.2, 0) is 9.53 Å². The number of rotatable bonds is 3. The molecule has 2 rings (SSSR count). The van der Waals surface area contributed by atoms with Gasteiger partial charge in [-0.25, -0.2) is 0 Å². The second-order valence-electron chi connectivity index (χ2n) is 6.18. The van der Waals surface area contributed by atoms with Crippen molar-refractivity contribution in [2.75, 3.05) is 26.2 Å². The third kappa shape index (κ3) is 3.96. The highest BCUT2D eigenvalue weighted by Gasteiger charge is 2.35. The summed E-state index contributed by atoms with van der Waals surface area (Å²) >= 11 is 0. The van der Waals surface area contributed by atoms with Crippen LogP contribution in [0.5, 0.6) is 0 Å². The van der Waals surface area contributed by atoms with Gasteiger partial charge in [-0.15, -0.1) is 0 Å². The van der Waals surface area contributed by atoms with Gasteiger partial charge in [0, 0.05) is 31.1 Å². The molecule has 2 fully saturated rings. The number of carbonyl (C=O) groups is 1. The van der Waals surface area contributed by atoms with Gasteiger partial charge in [0.2, 0.25) is 5.91 Å². The van der Waals surface area contributed by atoms with Crippen LogP contribution in [0, 0.1) is 5.92 Å². The molecule has 0 aromatic carbocycles. The van der Waals surface area contributed by atoms with E-state index in [9.17, 15) is 4.79 Å². The Morgan fingerprint density at radius 1 is 1.41 bits per heavy atom. The molecule has 0 spiro atoms. The number of carbonyl (C=O) groups excluding carboxylic acids is 1. The average Bonchev–Trinajstić information content (AvgIpc) is 3.09. The maximum Gasteiger partial charge on any atom is 0.225 e. The Labute approximate surface area is 104 Å². The molecule has 1 unspecified atom stereocenters. The lowest BCUT2D eigenvalue weighted by atomic mass is 10.1. The highest BCUT2D eigenvalue weighted by molar-refractivity contribution is 5.81. The van der Waals surface area contributed by atoms with Crippen molar-refractivity contribution in [3.05, 3.63) is 0 Å². The quantitative estimate of drug-likeness (QED) is 0.800. The van der Waals surface area contributed by atoms with E-state index in [0.717, 1.165) is 32.5 Å². The van der Waals surface area contributed by atoms with Crippen molar-refractivity contribution in [1.82, 2.24) is 10.2 Å². The van der Waals surface area contributed by atoms with E-state index in [1.54, 1.807) is 0 Å². The van der Waals surface area contributed by atoms with Gasteiger partial charge < -0.3 is 15.0 Å². The van der Waals surface area contributed by atoms with Crippen LogP contribution in [0.2, 0.25) is 0 Å². The Hall–Kier alpha value is -0.610. The van der Waals surface area contributed by atoms with Gasteiger partial charge in [0.05, 0.1) is 12.7 Å². The topological polar surface area (TPSA) is 41.6 Å². The third-order valence-electron chi connectivity index (χ3n) is 3.24. The van der Waals surface area contributed by atoms with Gasteiger partial charge in [0.15, 0.2) is 0 Å². The molecule has 2 aliphatic rings. The van der Waals surface area contributed by atoms with Crippen molar-refractivity contribution in [1.29, 1.82) is 0 Å². The molecule has 1 saturated carbocycles. The number of morpholine rings is 1. The van der Waals surface area contributed by atoms with E-state index in [1.165, 1.54) is 0 Å². The first-order chi connectivity index (χ1) is 7.96. The number of nitrogens with one attached hydrogen (secondary N) is 1. The lowest BCUT2D eigenvalue weighted by Gasteiger charge is -2.34. The molecule has 98 valence electrons. The molecular formula is C13H24N2O2. The number of amides is 1. The zero-order chi connectivity index (χ0) is 12.5. The van der Waals surface area contributed by atoms with Crippen LogP contribution in [0.4, 0.5) is 0 Å². The summed E-state index contributed by atoms with van der Waals surface area (Å²) in [6.07, 6.45) is 2.31. The van der Waals surface area contributed by atoms with Crippen LogP contribution in [-0.4, -0.2) is 48.7 Å². The number of nitrogens with zero attached hydrogens (tertiary/aromatic N) is 1. The fraction of sp³-hybridized carbons (Fsp3) is 0.923. The van der Waals surface area contributed by atoms with E-state index in [-0.39, 0.29) is 11.6 Å². The zero-order valence-corrected chi connectivity index (χ0v) is 11.2. The summed E-state index contributed by atoms with van der Waals surface area (Å²) in [4.78, 5) is 13.9. The molecule has 0 aromatic heterocycles. The van der Waals surface area contributed by atoms with Gasteiger partial charge in [-0.3, -0.25) is 4.79 Å². The number of hydrogen-bond acceptors (Lipinski definition) is 3. The largest absolute Gasteiger partial charge is 0.373 e. The zero-order valence-electron chi connectivity index (χ0n) is 11.2. The van der Waals surface area contributed by atoms with Crippen LogP contribution in [0.1, 0.15) is 33.6 Å². The summed E-state index contributed by atoms with van der Waals surface area (Å²) in [7, 11) is 0. The van der Waals surface area contributed by atoms with Gasteiger partial charge in [-0.1, -0.05) is 0 Å². The van der Waals surface area contributed by atoms with Gasteiger partial charge in [-0.2, -0.15) is 0 Å². The van der Waals surface area contributed by atoms with Gasteiger partial charge >= 0.3 is 0 Å². The first-order valence-electron chi connectivity index (χ1n) is 6.61. The molecule has 0 aromatic rings. The van der Waals surface area contributed by atoms with E-state index in [0.29, 0.717) is 18.4 Å². The second kappa shape index (κ2) is 4.94. The van der Waals surface area contributed by atoms with Crippen molar-refractivity contribution in [2.24, 2.45) is 5.92 Å². The SMILES string of the molecule is CC(C)(C)NCC1CN(C(=O)C2CC2)CCO1. The highest BCUT2D eigenvalue weighted by Crippen LogP contribution is 2.31. The van der Waals surface area contributed by atoms with Crippen molar-refractivity contribution in [2.45, 2.75) is 45.3 Å². The van der Waals surface area contributed by atoms with E-state index in [2.05, 4.69) is 26.1 Å². The Balaban J connectivity index is 1.78. The van der Waals surface area contributed by atoms with Crippen molar-refractivity contribution < 1.29 is 9.53 Å². The van der Waals surface area contributed by atoms with E-state index >= 15 is 0 Å². The highest BCUT2D eigenvalue weighted by atomic mass is 16.5. The minimum Gasteiger partial charge on any atom is -0.373 e. The van der Waals surface area contributed by atoms with Gasteiger partial charge in [0.1, 0.15) is 0 Å². The molecule has 4 heteroatoms. The predicted octanol–water partition coefficient (Wildman–Crippen LogP) is 1.01. The summed E-state index contributed by atoms with van der Waals surface area (Å²) < 4.78 is 5.70. The summed E-state index contributed by atoms with van der Waals surface area (Å²) in [6.45, 7) is 9.43. The minimum absolute atomic E-state index is 0.103. The summed E-state index contributed by atoms with van der Waals surface area (Å²) in [5.74, 6) is 0.665. The molecule has 1 aliphatic carbocycles. The molecule has 4 nitrogen and oxygen atoms in total. The first-order valence-corrected chi connectivity index (χ1v) is 6.61. The number of ether oxygens (including phenoxy) is 1. The van der Waals surface area contributed by atoms with Gasteiger partial charge in [0.25, 0.3) is 0 Å². The van der Waals surface area contributed by atoms with Crippen molar-refractivity contribution in [3.8, 4) is 0 Å². The second-order valence-corrected chi connectivity index (χ2v) is 6.18. The van der Waals surface area contributed by atoms with Crippen LogP contribution in [0.25, 0.3) is 0 Å². The maximum atomic E-state index is 12.0. The maximum absolute atomic E-state index is 12.0. The lowest BCUT2D eigenvalue weighted by molar-refractivity contribution is -0.140. The fourth-order valence-electron chi connectivity index (χ4n) is 2.05. The fourth-order valence-corrected chi connectivity index (χ4v) is 2.05. The molecule has 0 bridgehead atoms. The van der Waals surface area contributed by atoms with Crippen molar-refractivity contribution in [3.63, 3.8) is 0 Å². The van der Waals surface area contributed by atoms with Crippen LogP contribution in [0.15, 0.2) is 0 Å². The summed E-state index contributed by atoms with van der Waals surface area (Å²) in [5.41, 5.74) is 0.103. The first kappa shape index (κ1) is 12.8. The summed E-state index contributed by atoms with van der Waals surface area (Å²) in [6, 6.07) is 0.